The van der Waals surface area contributed by atoms with Gasteiger partial charge >= 0.3 is 0 Å². The van der Waals surface area contributed by atoms with Gasteiger partial charge in [-0.1, -0.05) is 49.4 Å². The highest BCUT2D eigenvalue weighted by molar-refractivity contribution is 6.35. The molecule has 2 unspecified atom stereocenters. The molecule has 3 heteroatoms. The van der Waals surface area contributed by atoms with E-state index in [-0.39, 0.29) is 0 Å². The highest BCUT2D eigenvalue weighted by atomic mass is 35.5. The minimum atomic E-state index is 0.566. The van der Waals surface area contributed by atoms with Crippen molar-refractivity contribution in [3.05, 3.63) is 28.2 Å². The zero-order valence-electron chi connectivity index (χ0n) is 10.9. The molecule has 18 heavy (non-hydrogen) atoms. The maximum atomic E-state index is 6.02. The van der Waals surface area contributed by atoms with Gasteiger partial charge in [-0.3, -0.25) is 0 Å². The first-order valence-corrected chi connectivity index (χ1v) is 7.65. The summed E-state index contributed by atoms with van der Waals surface area (Å²) in [6, 6.07) is 6.25. The van der Waals surface area contributed by atoms with Crippen LogP contribution < -0.4 is 5.32 Å². The van der Waals surface area contributed by atoms with Crippen molar-refractivity contribution < 1.29 is 0 Å². The molecule has 1 nitrogen and oxygen atoms in total. The molecule has 100 valence electrons. The molecular weight excluding hydrogens is 265 g/mol. The molecular formula is C15H21Cl2N. The Morgan fingerprint density at radius 2 is 1.78 bits per heavy atom. The second-order valence-electron chi connectivity index (χ2n) is 5.28. The molecule has 0 radical (unpaired) electrons. The second-order valence-corrected chi connectivity index (χ2v) is 6.15. The van der Waals surface area contributed by atoms with Crippen LogP contribution in [0.15, 0.2) is 18.2 Å². The molecule has 2 rings (SSSR count). The summed E-state index contributed by atoms with van der Waals surface area (Å²) < 4.78 is 0. The largest absolute Gasteiger partial charge is 0.382 e. The summed E-state index contributed by atoms with van der Waals surface area (Å²) in [5, 5.41) is 4.98. The molecule has 1 aliphatic carbocycles. The highest BCUT2D eigenvalue weighted by Gasteiger charge is 2.17. The molecule has 0 saturated heterocycles. The number of nitrogens with one attached hydrogen (secondary N) is 1. The number of halogens is 2. The van der Waals surface area contributed by atoms with Gasteiger partial charge in [-0.05, 0) is 43.4 Å². The van der Waals surface area contributed by atoms with Gasteiger partial charge in [0, 0.05) is 21.8 Å². The lowest BCUT2D eigenvalue weighted by Crippen LogP contribution is -2.18. The lowest BCUT2D eigenvalue weighted by atomic mass is 9.98. The minimum absolute atomic E-state index is 0.566. The Bertz CT molecular complexity index is 372. The van der Waals surface area contributed by atoms with E-state index in [4.69, 9.17) is 23.2 Å². The minimum Gasteiger partial charge on any atom is -0.382 e. The van der Waals surface area contributed by atoms with Crippen LogP contribution in [0.1, 0.15) is 45.4 Å². The van der Waals surface area contributed by atoms with Gasteiger partial charge in [-0.15, -0.1) is 0 Å². The Morgan fingerprint density at radius 3 is 2.44 bits per heavy atom. The molecule has 1 saturated carbocycles. The first-order valence-electron chi connectivity index (χ1n) is 6.90. The van der Waals surface area contributed by atoms with E-state index in [0.717, 1.165) is 11.6 Å². The predicted octanol–water partition coefficient (Wildman–Crippen LogP) is 5.76. The van der Waals surface area contributed by atoms with Crippen LogP contribution in [0.25, 0.3) is 0 Å². The van der Waals surface area contributed by atoms with E-state index < -0.39 is 0 Å². The lowest BCUT2D eigenvalue weighted by Gasteiger charge is -2.18. The summed E-state index contributed by atoms with van der Waals surface area (Å²) in [6.07, 6.45) is 7.86. The van der Waals surface area contributed by atoms with E-state index >= 15 is 0 Å². The van der Waals surface area contributed by atoms with Crippen molar-refractivity contribution >= 4 is 28.9 Å². The normalized spacial score (nSPS) is 24.6. The molecule has 0 amide bonds. The average Bonchev–Trinajstić information content (AvgIpc) is 2.53. The Morgan fingerprint density at radius 1 is 1.06 bits per heavy atom. The smallest absolute Gasteiger partial charge is 0.0441 e. The molecule has 1 aliphatic rings. The zero-order chi connectivity index (χ0) is 13.0. The number of anilines is 1. The molecule has 0 bridgehead atoms. The Kier molecular flexibility index (Phi) is 5.20. The average molecular weight is 286 g/mol. The van der Waals surface area contributed by atoms with Gasteiger partial charge in [0.1, 0.15) is 0 Å². The van der Waals surface area contributed by atoms with E-state index in [1.165, 1.54) is 38.5 Å². The van der Waals surface area contributed by atoms with Gasteiger partial charge < -0.3 is 5.32 Å². The number of hydrogen-bond acceptors (Lipinski definition) is 1. The number of benzene rings is 1. The van der Waals surface area contributed by atoms with Crippen molar-refractivity contribution in [2.75, 3.05) is 5.32 Å². The number of rotatable bonds is 3. The van der Waals surface area contributed by atoms with Gasteiger partial charge in [0.15, 0.2) is 0 Å². The lowest BCUT2D eigenvalue weighted by molar-refractivity contribution is 0.444. The third-order valence-electron chi connectivity index (χ3n) is 3.90. The van der Waals surface area contributed by atoms with Gasteiger partial charge in [-0.25, -0.2) is 0 Å². The fourth-order valence-corrected chi connectivity index (χ4v) is 3.33. The summed E-state index contributed by atoms with van der Waals surface area (Å²) in [4.78, 5) is 0. The summed E-state index contributed by atoms with van der Waals surface area (Å²) in [6.45, 7) is 2.30. The molecule has 0 heterocycles. The predicted molar refractivity (Wildman–Crippen MR) is 80.7 cm³/mol. The third-order valence-corrected chi connectivity index (χ3v) is 4.34. The molecule has 0 aliphatic heterocycles. The summed E-state index contributed by atoms with van der Waals surface area (Å²) in [5.74, 6) is 0.916. The van der Waals surface area contributed by atoms with Crippen molar-refractivity contribution in [2.45, 2.75) is 51.5 Å². The summed E-state index contributed by atoms with van der Waals surface area (Å²) in [7, 11) is 0. The van der Waals surface area contributed by atoms with E-state index in [1.807, 2.05) is 12.1 Å². The fraction of sp³-hybridized carbons (Fsp3) is 0.600. The maximum Gasteiger partial charge on any atom is 0.0441 e. The van der Waals surface area contributed by atoms with Crippen molar-refractivity contribution in [1.29, 1.82) is 0 Å². The monoisotopic (exact) mass is 285 g/mol. The van der Waals surface area contributed by atoms with Crippen LogP contribution >= 0.6 is 23.2 Å². The van der Waals surface area contributed by atoms with Crippen LogP contribution in [0.3, 0.4) is 0 Å². The fourth-order valence-electron chi connectivity index (χ4n) is 2.80. The van der Waals surface area contributed by atoms with Crippen molar-refractivity contribution in [3.8, 4) is 0 Å². The second kappa shape index (κ2) is 6.68. The van der Waals surface area contributed by atoms with E-state index in [9.17, 15) is 0 Å². The molecule has 2 atom stereocenters. The Balaban J connectivity index is 1.96. The molecule has 1 fully saturated rings. The first-order chi connectivity index (χ1) is 8.67. The van der Waals surface area contributed by atoms with Crippen LogP contribution in [-0.4, -0.2) is 6.04 Å². The van der Waals surface area contributed by atoms with Crippen LogP contribution in [0, 0.1) is 5.92 Å². The van der Waals surface area contributed by atoms with Gasteiger partial charge in [0.25, 0.3) is 0 Å². The van der Waals surface area contributed by atoms with Gasteiger partial charge in [-0.2, -0.15) is 0 Å². The SMILES string of the molecule is CCC1CCCC(Nc2cc(Cl)cc(Cl)c2)CC1. The quantitative estimate of drug-likeness (QED) is 0.696. The maximum absolute atomic E-state index is 6.02. The van der Waals surface area contributed by atoms with Crippen LogP contribution in [0.2, 0.25) is 10.0 Å². The zero-order valence-corrected chi connectivity index (χ0v) is 12.4. The molecule has 1 aromatic carbocycles. The third kappa shape index (κ3) is 4.07. The van der Waals surface area contributed by atoms with Crippen LogP contribution in [-0.2, 0) is 0 Å². The Labute approximate surface area is 120 Å². The van der Waals surface area contributed by atoms with Crippen molar-refractivity contribution in [1.82, 2.24) is 0 Å². The Hall–Kier alpha value is -0.400. The standard InChI is InChI=1S/C15H21Cl2N/c1-2-11-4-3-5-14(7-6-11)18-15-9-12(16)8-13(17)10-15/h8-11,14,18H,2-7H2,1H3. The topological polar surface area (TPSA) is 12.0 Å². The van der Waals surface area contributed by atoms with Crippen LogP contribution in [0.4, 0.5) is 5.69 Å². The van der Waals surface area contributed by atoms with Crippen molar-refractivity contribution in [2.24, 2.45) is 5.92 Å². The number of hydrogen-bond donors (Lipinski definition) is 1. The van der Waals surface area contributed by atoms with Gasteiger partial charge in [0.2, 0.25) is 0 Å². The van der Waals surface area contributed by atoms with Crippen molar-refractivity contribution in [3.63, 3.8) is 0 Å². The van der Waals surface area contributed by atoms with E-state index in [2.05, 4.69) is 12.2 Å². The van der Waals surface area contributed by atoms with E-state index in [0.29, 0.717) is 16.1 Å². The molecule has 0 aromatic heterocycles. The summed E-state index contributed by atoms with van der Waals surface area (Å²) >= 11 is 12.0. The summed E-state index contributed by atoms with van der Waals surface area (Å²) in [5.41, 5.74) is 1.05. The highest BCUT2D eigenvalue weighted by Crippen LogP contribution is 2.29. The van der Waals surface area contributed by atoms with Gasteiger partial charge in [0.05, 0.1) is 0 Å². The first kappa shape index (κ1) is 14.0. The molecule has 1 aromatic rings. The molecule has 0 spiro atoms. The molecule has 1 N–H and O–H groups in total. The van der Waals surface area contributed by atoms with Crippen LogP contribution in [0.5, 0.6) is 0 Å². The van der Waals surface area contributed by atoms with E-state index in [1.54, 1.807) is 6.07 Å².